The smallest absolute Gasteiger partial charge is 0.225 e. The number of nitrogen functional groups attached to an aromatic ring is 1. The minimum atomic E-state index is 0.274. The summed E-state index contributed by atoms with van der Waals surface area (Å²) in [7, 11) is 0. The van der Waals surface area contributed by atoms with Crippen LogP contribution in [0.4, 0.5) is 5.82 Å². The molecule has 2 N–H and O–H groups in total. The number of imidazole rings is 1. The number of benzene rings is 1. The molecule has 1 saturated carbocycles. The maximum absolute atomic E-state index is 12.8. The highest BCUT2D eigenvalue weighted by Gasteiger charge is 2.30. The van der Waals surface area contributed by atoms with Crippen molar-refractivity contribution in [1.82, 2.24) is 24.4 Å². The first kappa shape index (κ1) is 24.7. The van der Waals surface area contributed by atoms with Gasteiger partial charge in [0.2, 0.25) is 5.91 Å². The van der Waals surface area contributed by atoms with Gasteiger partial charge in [-0.25, -0.2) is 15.0 Å². The van der Waals surface area contributed by atoms with E-state index in [4.69, 9.17) is 20.4 Å². The highest BCUT2D eigenvalue weighted by atomic mass is 79.9. The molecule has 1 aromatic rings. The van der Waals surface area contributed by atoms with Crippen molar-refractivity contribution in [1.29, 1.82) is 0 Å². The Kier molecular flexibility index (Phi) is 7.12. The molecule has 0 unspecified atom stereocenters. The molecule has 194 valence electrons. The first-order valence-corrected chi connectivity index (χ1v) is 14.7. The summed E-state index contributed by atoms with van der Waals surface area (Å²) in [5.41, 5.74) is 7.86. The van der Waals surface area contributed by atoms with Crippen LogP contribution in [0.5, 0.6) is 5.75 Å². The molecule has 1 aliphatic carbocycles. The zero-order chi connectivity index (χ0) is 25.4. The Morgan fingerprint density at radius 2 is 1.97 bits per heavy atom. The van der Waals surface area contributed by atoms with Gasteiger partial charge in [-0.1, -0.05) is 18.9 Å². The Morgan fingerprint density at radius 1 is 1.16 bits per heavy atom. The predicted molar refractivity (Wildman–Crippen MR) is 148 cm³/mol. The summed E-state index contributed by atoms with van der Waals surface area (Å²) in [5.74, 6) is 3.28. The van der Waals surface area contributed by atoms with Crippen LogP contribution in [0.25, 0.3) is 17.6 Å². The number of nitrogens with zero attached hydrogens (tertiary/aromatic N) is 5. The fraction of sp³-hybridized carbons (Fsp3) is 0.481. The zero-order valence-electron chi connectivity index (χ0n) is 20.7. The lowest BCUT2D eigenvalue weighted by molar-refractivity contribution is -0.136. The van der Waals surface area contributed by atoms with Crippen molar-refractivity contribution in [3.8, 4) is 17.3 Å². The minimum Gasteiger partial charge on any atom is -0.489 e. The van der Waals surface area contributed by atoms with E-state index in [9.17, 15) is 4.79 Å². The number of piperidine rings is 1. The number of hydrogen-bond acceptors (Lipinski definition) is 7. The van der Waals surface area contributed by atoms with Crippen molar-refractivity contribution >= 4 is 45.5 Å². The summed E-state index contributed by atoms with van der Waals surface area (Å²) in [4.78, 5) is 29.8. The Labute approximate surface area is 229 Å². The van der Waals surface area contributed by atoms with E-state index in [1.54, 1.807) is 6.33 Å². The summed E-state index contributed by atoms with van der Waals surface area (Å²) in [6, 6.07) is 4.08. The molecule has 0 aromatic heterocycles. The summed E-state index contributed by atoms with van der Waals surface area (Å²) < 4.78 is 8.71. The van der Waals surface area contributed by atoms with Crippen LogP contribution in [0.2, 0.25) is 0 Å². The van der Waals surface area contributed by atoms with Crippen LogP contribution in [0, 0.1) is 11.8 Å². The Bertz CT molecular complexity index is 1300. The lowest BCUT2D eigenvalue weighted by atomic mass is 9.92. The summed E-state index contributed by atoms with van der Waals surface area (Å²) >= 11 is 5.16. The number of aryl methyl sites for hydroxylation is 1. The molecule has 1 aromatic carbocycles. The van der Waals surface area contributed by atoms with Crippen LogP contribution in [-0.4, -0.2) is 50.0 Å². The third-order valence-corrected chi connectivity index (χ3v) is 9.62. The van der Waals surface area contributed by atoms with E-state index in [0.29, 0.717) is 35.1 Å². The summed E-state index contributed by atoms with van der Waals surface area (Å²) in [6.07, 6.45) is 13.5. The van der Waals surface area contributed by atoms with E-state index in [2.05, 4.69) is 42.5 Å². The van der Waals surface area contributed by atoms with Crippen molar-refractivity contribution in [2.75, 3.05) is 25.4 Å². The average Bonchev–Trinajstić information content (AvgIpc) is 3.60. The van der Waals surface area contributed by atoms with E-state index >= 15 is 0 Å². The van der Waals surface area contributed by atoms with Gasteiger partial charge in [-0.15, -0.1) is 0 Å². The first-order chi connectivity index (χ1) is 18.0. The maximum Gasteiger partial charge on any atom is 0.225 e. The van der Waals surface area contributed by atoms with Gasteiger partial charge >= 0.3 is 0 Å². The molecule has 1 amide bonds. The van der Waals surface area contributed by atoms with Crippen molar-refractivity contribution in [3.05, 3.63) is 34.6 Å². The van der Waals surface area contributed by atoms with Crippen molar-refractivity contribution in [2.24, 2.45) is 11.8 Å². The number of aromatic nitrogens is 4. The fourth-order valence-corrected chi connectivity index (χ4v) is 7.01. The average molecular weight is 584 g/mol. The molecule has 0 atom stereocenters. The minimum absolute atomic E-state index is 0.274. The maximum atomic E-state index is 12.8. The quantitative estimate of drug-likeness (QED) is 0.409. The summed E-state index contributed by atoms with van der Waals surface area (Å²) in [6.45, 7) is 3.16. The largest absolute Gasteiger partial charge is 0.489 e. The van der Waals surface area contributed by atoms with E-state index in [0.717, 1.165) is 78.2 Å². The van der Waals surface area contributed by atoms with Crippen molar-refractivity contribution < 1.29 is 9.53 Å². The first-order valence-electron chi connectivity index (χ1n) is 13.1. The molecule has 5 aliphatic rings. The van der Waals surface area contributed by atoms with Crippen LogP contribution >= 0.6 is 27.7 Å². The number of ether oxygens (including phenoxy) is 1. The van der Waals surface area contributed by atoms with E-state index in [1.807, 2.05) is 12.1 Å². The van der Waals surface area contributed by atoms with E-state index < -0.39 is 0 Å². The lowest BCUT2D eigenvalue weighted by Gasteiger charge is -2.33. The number of fused-ring (bicyclic) bond motifs is 2. The molecular weight excluding hydrogens is 552 g/mol. The summed E-state index contributed by atoms with van der Waals surface area (Å²) in [5, 5.41) is 0.642. The van der Waals surface area contributed by atoms with Crippen molar-refractivity contribution in [2.45, 2.75) is 61.5 Å². The van der Waals surface area contributed by atoms with Crippen LogP contribution in [0.15, 0.2) is 39.1 Å². The second-order valence-corrected chi connectivity index (χ2v) is 12.0. The Balaban J connectivity index is 1.12. The fourth-order valence-electron chi connectivity index (χ4n) is 5.63. The number of nitrogens with two attached hydrogens (primary N) is 1. The van der Waals surface area contributed by atoms with Gasteiger partial charge < -0.3 is 19.9 Å². The number of hydrogen-bond donors (Lipinski definition) is 1. The SMILES string of the molecule is Nc1ncn(CCC2CCN(C(=O)C3CCCC3)CC2)c2nc(Sc3cc4c(cc3Br)OCC=C4)nc1-2. The highest BCUT2D eigenvalue weighted by Crippen LogP contribution is 2.40. The van der Waals surface area contributed by atoms with Crippen LogP contribution in [0.1, 0.15) is 50.5 Å². The molecular formula is C27H31BrN6O2S. The van der Waals surface area contributed by atoms with Gasteiger partial charge in [0, 0.05) is 40.5 Å². The van der Waals surface area contributed by atoms with Gasteiger partial charge in [0.1, 0.15) is 12.4 Å². The molecule has 1 saturated heterocycles. The van der Waals surface area contributed by atoms with Crippen molar-refractivity contribution in [3.63, 3.8) is 0 Å². The Morgan fingerprint density at radius 3 is 2.78 bits per heavy atom. The molecule has 4 aliphatic heterocycles. The number of rotatable bonds is 6. The standard InChI is InChI=1S/C27H31BrN6O2S/c28-20-15-21-19(6-3-13-36-21)14-22(20)37-27-31-23-24(29)30-16-34(25(23)32-27)12-9-17-7-10-33(11-8-17)26(35)18-4-1-2-5-18/h3,6,14-18H,1-2,4-5,7-13,29H2. The third-order valence-electron chi connectivity index (χ3n) is 7.78. The molecule has 4 heterocycles. The predicted octanol–water partition coefficient (Wildman–Crippen LogP) is 5.50. The molecule has 2 fully saturated rings. The van der Waals surface area contributed by atoms with Gasteiger partial charge in [-0.05, 0) is 83.9 Å². The lowest BCUT2D eigenvalue weighted by Crippen LogP contribution is -2.41. The zero-order valence-corrected chi connectivity index (χ0v) is 23.1. The molecule has 8 nitrogen and oxygen atoms in total. The monoisotopic (exact) mass is 582 g/mol. The van der Waals surface area contributed by atoms with Gasteiger partial charge in [0.25, 0.3) is 0 Å². The third kappa shape index (κ3) is 5.23. The number of anilines is 1. The molecule has 10 heteroatoms. The van der Waals surface area contributed by atoms with E-state index in [-0.39, 0.29) is 5.92 Å². The number of carbonyl (C=O) groups is 1. The topological polar surface area (TPSA) is 99.2 Å². The van der Waals surface area contributed by atoms with Gasteiger partial charge in [0.05, 0.1) is 6.33 Å². The molecule has 37 heavy (non-hydrogen) atoms. The Hall–Kier alpha value is -2.59. The van der Waals surface area contributed by atoms with Crippen LogP contribution in [0.3, 0.4) is 0 Å². The second kappa shape index (κ2) is 10.6. The number of carbonyl (C=O) groups excluding carboxylic acids is 1. The second-order valence-electron chi connectivity index (χ2n) is 10.2. The molecule has 0 bridgehead atoms. The molecule has 6 rings (SSSR count). The normalized spacial score (nSPS) is 18.4. The van der Waals surface area contributed by atoms with Crippen LogP contribution < -0.4 is 10.5 Å². The molecule has 0 radical (unpaired) electrons. The highest BCUT2D eigenvalue weighted by molar-refractivity contribution is 9.10. The number of amides is 1. The van der Waals surface area contributed by atoms with Gasteiger partial charge in [0.15, 0.2) is 22.5 Å². The molecule has 0 spiro atoms. The number of halogens is 1. The van der Waals surface area contributed by atoms with Gasteiger partial charge in [-0.2, -0.15) is 0 Å². The van der Waals surface area contributed by atoms with E-state index in [1.165, 1.54) is 24.6 Å². The van der Waals surface area contributed by atoms with Gasteiger partial charge in [-0.3, -0.25) is 4.79 Å². The van der Waals surface area contributed by atoms with Crippen LogP contribution in [-0.2, 0) is 11.3 Å². The number of likely N-dealkylation sites (tertiary alicyclic amines) is 1.